The molecule has 0 saturated heterocycles. The van der Waals surface area contributed by atoms with Crippen molar-refractivity contribution >= 4 is 11.6 Å². The molecule has 0 spiro atoms. The SMILES string of the molecule is CNCc1cn(C)nc1-c1cc(Cl)ccc1OC. The molecular formula is C13H16ClN3O. The Kier molecular flexibility index (Phi) is 3.89. The number of rotatable bonds is 4. The van der Waals surface area contributed by atoms with Crippen molar-refractivity contribution in [2.75, 3.05) is 14.2 Å². The van der Waals surface area contributed by atoms with Gasteiger partial charge in [-0.2, -0.15) is 5.10 Å². The van der Waals surface area contributed by atoms with Crippen molar-refractivity contribution < 1.29 is 4.74 Å². The Hall–Kier alpha value is -1.52. The summed E-state index contributed by atoms with van der Waals surface area (Å²) in [6.07, 6.45) is 1.99. The van der Waals surface area contributed by atoms with Crippen molar-refractivity contribution in [3.8, 4) is 17.0 Å². The van der Waals surface area contributed by atoms with Gasteiger partial charge in [-0.05, 0) is 25.2 Å². The standard InChI is InChI=1S/C13H16ClN3O/c1-15-7-9-8-17(2)16-13(9)11-6-10(14)4-5-12(11)18-3/h4-6,8,15H,7H2,1-3H3. The Morgan fingerprint density at radius 2 is 2.22 bits per heavy atom. The second-order valence-corrected chi connectivity index (χ2v) is 4.49. The number of methoxy groups -OCH3 is 1. The molecule has 1 aromatic carbocycles. The van der Waals surface area contributed by atoms with Gasteiger partial charge in [0.2, 0.25) is 0 Å². The molecule has 0 atom stereocenters. The summed E-state index contributed by atoms with van der Waals surface area (Å²) in [6, 6.07) is 5.54. The normalized spacial score (nSPS) is 10.7. The van der Waals surface area contributed by atoms with Crippen molar-refractivity contribution in [3.63, 3.8) is 0 Å². The van der Waals surface area contributed by atoms with Crippen molar-refractivity contribution in [3.05, 3.63) is 35.0 Å². The topological polar surface area (TPSA) is 39.1 Å². The highest BCUT2D eigenvalue weighted by Crippen LogP contribution is 2.33. The fraction of sp³-hybridized carbons (Fsp3) is 0.308. The lowest BCUT2D eigenvalue weighted by molar-refractivity contribution is 0.416. The van der Waals surface area contributed by atoms with Crippen LogP contribution in [0, 0.1) is 0 Å². The lowest BCUT2D eigenvalue weighted by Gasteiger charge is -2.08. The first-order chi connectivity index (χ1) is 8.65. The average Bonchev–Trinajstić information content (AvgIpc) is 2.71. The Bertz CT molecular complexity index is 551. The van der Waals surface area contributed by atoms with Crippen LogP contribution < -0.4 is 10.1 Å². The number of benzene rings is 1. The summed E-state index contributed by atoms with van der Waals surface area (Å²) in [5, 5.41) is 8.29. The number of halogens is 1. The van der Waals surface area contributed by atoms with Gasteiger partial charge < -0.3 is 10.1 Å². The summed E-state index contributed by atoms with van der Waals surface area (Å²) >= 11 is 6.05. The lowest BCUT2D eigenvalue weighted by atomic mass is 10.1. The van der Waals surface area contributed by atoms with Gasteiger partial charge in [0.1, 0.15) is 11.4 Å². The molecule has 0 amide bonds. The molecule has 18 heavy (non-hydrogen) atoms. The van der Waals surface area contributed by atoms with Crippen LogP contribution in [0.25, 0.3) is 11.3 Å². The molecule has 1 heterocycles. The van der Waals surface area contributed by atoms with Crippen molar-refractivity contribution in [1.82, 2.24) is 15.1 Å². The van der Waals surface area contributed by atoms with Gasteiger partial charge in [-0.3, -0.25) is 4.68 Å². The van der Waals surface area contributed by atoms with E-state index in [2.05, 4.69) is 10.4 Å². The number of aromatic nitrogens is 2. The number of hydrogen-bond donors (Lipinski definition) is 1. The highest BCUT2D eigenvalue weighted by Gasteiger charge is 2.14. The van der Waals surface area contributed by atoms with E-state index in [1.165, 1.54) is 0 Å². The van der Waals surface area contributed by atoms with Gasteiger partial charge in [-0.15, -0.1) is 0 Å². The molecule has 0 aliphatic carbocycles. The fourth-order valence-corrected chi connectivity index (χ4v) is 2.12. The van der Waals surface area contributed by atoms with E-state index in [0.29, 0.717) is 5.02 Å². The third kappa shape index (κ3) is 2.49. The molecule has 0 aliphatic heterocycles. The first kappa shape index (κ1) is 12.9. The van der Waals surface area contributed by atoms with E-state index in [1.54, 1.807) is 11.8 Å². The van der Waals surface area contributed by atoms with Crippen molar-refractivity contribution in [1.29, 1.82) is 0 Å². The van der Waals surface area contributed by atoms with Gasteiger partial charge in [0.05, 0.1) is 7.11 Å². The Morgan fingerprint density at radius 1 is 1.44 bits per heavy atom. The fourth-order valence-electron chi connectivity index (χ4n) is 1.95. The first-order valence-corrected chi connectivity index (χ1v) is 6.04. The number of nitrogens with one attached hydrogen (secondary N) is 1. The molecule has 1 N–H and O–H groups in total. The number of ether oxygens (including phenoxy) is 1. The zero-order chi connectivity index (χ0) is 13.1. The molecule has 2 aromatic rings. The van der Waals surface area contributed by atoms with Crippen LogP contribution in [-0.2, 0) is 13.6 Å². The molecule has 1 aromatic heterocycles. The van der Waals surface area contributed by atoms with Crippen LogP contribution in [0.4, 0.5) is 0 Å². The summed E-state index contributed by atoms with van der Waals surface area (Å²) in [4.78, 5) is 0. The molecule has 0 radical (unpaired) electrons. The van der Waals surface area contributed by atoms with Gasteiger partial charge in [0, 0.05) is 35.9 Å². The molecule has 4 nitrogen and oxygen atoms in total. The van der Waals surface area contributed by atoms with Crippen LogP contribution in [-0.4, -0.2) is 23.9 Å². The number of nitrogens with zero attached hydrogens (tertiary/aromatic N) is 2. The van der Waals surface area contributed by atoms with Gasteiger partial charge >= 0.3 is 0 Å². The Morgan fingerprint density at radius 3 is 2.89 bits per heavy atom. The Labute approximate surface area is 112 Å². The summed E-state index contributed by atoms with van der Waals surface area (Å²) < 4.78 is 7.16. The van der Waals surface area contributed by atoms with Crippen LogP contribution in [0.1, 0.15) is 5.56 Å². The molecule has 5 heteroatoms. The lowest BCUT2D eigenvalue weighted by Crippen LogP contribution is -2.05. The summed E-state index contributed by atoms with van der Waals surface area (Å²) in [5.74, 6) is 0.774. The van der Waals surface area contributed by atoms with Crippen LogP contribution in [0.2, 0.25) is 5.02 Å². The summed E-state index contributed by atoms with van der Waals surface area (Å²) in [7, 11) is 5.46. The Balaban J connectivity index is 2.56. The predicted octanol–water partition coefficient (Wildman–Crippen LogP) is 2.47. The quantitative estimate of drug-likeness (QED) is 0.923. The van der Waals surface area contributed by atoms with E-state index in [1.807, 2.05) is 38.5 Å². The molecule has 0 fully saturated rings. The second-order valence-electron chi connectivity index (χ2n) is 4.05. The summed E-state index contributed by atoms with van der Waals surface area (Å²) in [6.45, 7) is 0.749. The maximum absolute atomic E-state index is 6.05. The maximum atomic E-state index is 6.05. The van der Waals surface area contributed by atoms with Crippen LogP contribution in [0.5, 0.6) is 5.75 Å². The number of hydrogen-bond acceptors (Lipinski definition) is 3. The average molecular weight is 266 g/mol. The van der Waals surface area contributed by atoms with E-state index in [9.17, 15) is 0 Å². The van der Waals surface area contributed by atoms with E-state index in [4.69, 9.17) is 16.3 Å². The third-order valence-electron chi connectivity index (χ3n) is 2.69. The highest BCUT2D eigenvalue weighted by molar-refractivity contribution is 6.31. The molecule has 2 rings (SSSR count). The molecule has 96 valence electrons. The second kappa shape index (κ2) is 5.42. The largest absolute Gasteiger partial charge is 0.496 e. The monoisotopic (exact) mass is 265 g/mol. The molecule has 0 unspecified atom stereocenters. The smallest absolute Gasteiger partial charge is 0.128 e. The van der Waals surface area contributed by atoms with Gasteiger partial charge in [0.15, 0.2) is 0 Å². The maximum Gasteiger partial charge on any atom is 0.128 e. The van der Waals surface area contributed by atoms with Gasteiger partial charge in [0.25, 0.3) is 0 Å². The van der Waals surface area contributed by atoms with E-state index >= 15 is 0 Å². The van der Waals surface area contributed by atoms with Crippen molar-refractivity contribution in [2.45, 2.75) is 6.54 Å². The van der Waals surface area contributed by atoms with E-state index in [0.717, 1.165) is 29.1 Å². The minimum absolute atomic E-state index is 0.673. The molecular weight excluding hydrogens is 250 g/mol. The van der Waals surface area contributed by atoms with E-state index < -0.39 is 0 Å². The minimum atomic E-state index is 0.673. The zero-order valence-electron chi connectivity index (χ0n) is 10.7. The highest BCUT2D eigenvalue weighted by atomic mass is 35.5. The van der Waals surface area contributed by atoms with Gasteiger partial charge in [-0.1, -0.05) is 11.6 Å². The van der Waals surface area contributed by atoms with Gasteiger partial charge in [-0.25, -0.2) is 0 Å². The van der Waals surface area contributed by atoms with Crippen LogP contribution in [0.3, 0.4) is 0 Å². The predicted molar refractivity (Wildman–Crippen MR) is 73.0 cm³/mol. The molecule has 0 aliphatic rings. The molecule has 0 saturated carbocycles. The van der Waals surface area contributed by atoms with Crippen LogP contribution >= 0.6 is 11.6 Å². The minimum Gasteiger partial charge on any atom is -0.496 e. The third-order valence-corrected chi connectivity index (χ3v) is 2.92. The molecule has 0 bridgehead atoms. The first-order valence-electron chi connectivity index (χ1n) is 5.66. The van der Waals surface area contributed by atoms with Crippen LogP contribution in [0.15, 0.2) is 24.4 Å². The van der Waals surface area contributed by atoms with E-state index in [-0.39, 0.29) is 0 Å². The van der Waals surface area contributed by atoms with Crippen molar-refractivity contribution in [2.24, 2.45) is 7.05 Å². The number of aryl methyl sites for hydroxylation is 1. The summed E-state index contributed by atoms with van der Waals surface area (Å²) in [5.41, 5.74) is 2.92. The zero-order valence-corrected chi connectivity index (χ0v) is 11.5.